The number of carbonyl (C=O) groups excluding carboxylic acids is 2. The standard InChI is InChI=1S/C13H18N2O5/c1-4-20-11(17)13(8-14)6-5-12(3,15(18)19)10(13)7-9(2)16/h10H,4-7H2,1-3H3/t10-,12-,13+/m0/s1. The maximum absolute atomic E-state index is 12.1. The number of ether oxygens (including phenoxy) is 1. The molecule has 0 aromatic rings. The molecule has 0 aliphatic heterocycles. The Morgan fingerprint density at radius 3 is 2.50 bits per heavy atom. The second-order valence-electron chi connectivity index (χ2n) is 5.38. The predicted octanol–water partition coefficient (Wildman–Crippen LogP) is 1.48. The number of esters is 1. The number of carbonyl (C=O) groups is 2. The van der Waals surface area contributed by atoms with Gasteiger partial charge < -0.3 is 9.53 Å². The van der Waals surface area contributed by atoms with E-state index in [-0.39, 0.29) is 31.7 Å². The van der Waals surface area contributed by atoms with E-state index in [2.05, 4.69) is 0 Å². The fraction of sp³-hybridized carbons (Fsp3) is 0.769. The molecular weight excluding hydrogens is 264 g/mol. The zero-order valence-corrected chi connectivity index (χ0v) is 11.8. The quantitative estimate of drug-likeness (QED) is 0.429. The number of rotatable bonds is 5. The largest absolute Gasteiger partial charge is 0.465 e. The van der Waals surface area contributed by atoms with Gasteiger partial charge in [-0.05, 0) is 20.3 Å². The highest BCUT2D eigenvalue weighted by atomic mass is 16.6. The summed E-state index contributed by atoms with van der Waals surface area (Å²) in [6.45, 7) is 4.37. The van der Waals surface area contributed by atoms with Gasteiger partial charge in [-0.25, -0.2) is 0 Å². The minimum atomic E-state index is -1.61. The molecule has 0 N–H and O–H groups in total. The molecule has 0 radical (unpaired) electrons. The minimum Gasteiger partial charge on any atom is -0.465 e. The van der Waals surface area contributed by atoms with Gasteiger partial charge >= 0.3 is 5.97 Å². The molecule has 1 rings (SSSR count). The smallest absolute Gasteiger partial charge is 0.327 e. The van der Waals surface area contributed by atoms with Gasteiger partial charge in [-0.2, -0.15) is 5.26 Å². The van der Waals surface area contributed by atoms with E-state index in [1.165, 1.54) is 13.8 Å². The minimum absolute atomic E-state index is 0.0394. The van der Waals surface area contributed by atoms with Crippen LogP contribution in [0.4, 0.5) is 0 Å². The average molecular weight is 282 g/mol. The summed E-state index contributed by atoms with van der Waals surface area (Å²) in [5, 5.41) is 20.8. The van der Waals surface area contributed by atoms with Gasteiger partial charge in [0.1, 0.15) is 5.78 Å². The van der Waals surface area contributed by atoms with Crippen LogP contribution in [-0.2, 0) is 14.3 Å². The van der Waals surface area contributed by atoms with Gasteiger partial charge in [-0.3, -0.25) is 14.9 Å². The number of nitriles is 1. The van der Waals surface area contributed by atoms with Crippen molar-refractivity contribution in [3.05, 3.63) is 10.1 Å². The van der Waals surface area contributed by atoms with Crippen LogP contribution in [0, 0.1) is 32.8 Å². The fourth-order valence-corrected chi connectivity index (χ4v) is 2.91. The van der Waals surface area contributed by atoms with Gasteiger partial charge in [0.25, 0.3) is 0 Å². The first-order valence-corrected chi connectivity index (χ1v) is 6.47. The molecule has 0 aromatic heterocycles. The van der Waals surface area contributed by atoms with E-state index in [4.69, 9.17) is 4.74 Å². The van der Waals surface area contributed by atoms with Crippen molar-refractivity contribution in [1.29, 1.82) is 5.26 Å². The zero-order valence-electron chi connectivity index (χ0n) is 11.8. The zero-order chi connectivity index (χ0) is 15.6. The van der Waals surface area contributed by atoms with Crippen molar-refractivity contribution in [3.8, 4) is 6.07 Å². The third kappa shape index (κ3) is 2.38. The van der Waals surface area contributed by atoms with Crippen LogP contribution in [0.3, 0.4) is 0 Å². The van der Waals surface area contributed by atoms with E-state index >= 15 is 0 Å². The van der Waals surface area contributed by atoms with Crippen molar-refractivity contribution in [2.75, 3.05) is 6.61 Å². The average Bonchev–Trinajstić information content (AvgIpc) is 2.65. The highest BCUT2D eigenvalue weighted by Gasteiger charge is 2.66. The summed E-state index contributed by atoms with van der Waals surface area (Å²) >= 11 is 0. The Bertz CT molecular complexity index is 484. The molecule has 1 aliphatic carbocycles. The Kier molecular flexibility index (Phi) is 4.48. The van der Waals surface area contributed by atoms with Crippen LogP contribution in [0.25, 0.3) is 0 Å². The van der Waals surface area contributed by atoms with Crippen molar-refractivity contribution < 1.29 is 19.2 Å². The molecule has 0 unspecified atom stereocenters. The number of Topliss-reactive ketones (excluding diaryl/α,β-unsaturated/α-hetero) is 1. The lowest BCUT2D eigenvalue weighted by Gasteiger charge is -2.30. The lowest BCUT2D eigenvalue weighted by atomic mass is 9.71. The molecule has 7 heteroatoms. The molecule has 110 valence electrons. The predicted molar refractivity (Wildman–Crippen MR) is 68.1 cm³/mol. The fourth-order valence-electron chi connectivity index (χ4n) is 2.91. The van der Waals surface area contributed by atoms with Gasteiger partial charge in [0.2, 0.25) is 5.54 Å². The van der Waals surface area contributed by atoms with Gasteiger partial charge in [0.05, 0.1) is 18.6 Å². The van der Waals surface area contributed by atoms with Crippen molar-refractivity contribution in [1.82, 2.24) is 0 Å². The molecule has 0 amide bonds. The van der Waals surface area contributed by atoms with Crippen molar-refractivity contribution in [3.63, 3.8) is 0 Å². The first-order chi connectivity index (χ1) is 9.24. The first-order valence-electron chi connectivity index (χ1n) is 6.47. The number of hydrogen-bond donors (Lipinski definition) is 0. The Balaban J connectivity index is 3.31. The summed E-state index contributed by atoms with van der Waals surface area (Å²) in [7, 11) is 0. The third-order valence-corrected chi connectivity index (χ3v) is 4.12. The van der Waals surface area contributed by atoms with Crippen LogP contribution < -0.4 is 0 Å². The van der Waals surface area contributed by atoms with Crippen LogP contribution in [0.5, 0.6) is 0 Å². The van der Waals surface area contributed by atoms with E-state index in [0.717, 1.165) is 0 Å². The maximum atomic E-state index is 12.1. The Labute approximate surface area is 117 Å². The summed E-state index contributed by atoms with van der Waals surface area (Å²) in [6.07, 6.45) is -0.0636. The van der Waals surface area contributed by atoms with Crippen molar-refractivity contribution >= 4 is 11.8 Å². The summed E-state index contributed by atoms with van der Waals surface area (Å²) in [5.41, 5.74) is -3.07. The van der Waals surface area contributed by atoms with Crippen LogP contribution >= 0.6 is 0 Å². The normalized spacial score (nSPS) is 32.4. The molecule has 0 saturated heterocycles. The molecule has 0 heterocycles. The Hall–Kier alpha value is -1.97. The summed E-state index contributed by atoms with van der Waals surface area (Å²) < 4.78 is 4.91. The van der Waals surface area contributed by atoms with Crippen LogP contribution in [0.15, 0.2) is 0 Å². The third-order valence-electron chi connectivity index (χ3n) is 4.12. The summed E-state index contributed by atoms with van der Waals surface area (Å²) in [6, 6.07) is 1.90. The highest BCUT2D eigenvalue weighted by Crippen LogP contribution is 2.52. The van der Waals surface area contributed by atoms with Crippen LogP contribution in [0.1, 0.15) is 40.0 Å². The van der Waals surface area contributed by atoms with Crippen LogP contribution in [0.2, 0.25) is 0 Å². The molecule has 7 nitrogen and oxygen atoms in total. The second-order valence-corrected chi connectivity index (χ2v) is 5.38. The molecule has 1 fully saturated rings. The Morgan fingerprint density at radius 2 is 2.10 bits per heavy atom. The van der Waals surface area contributed by atoms with E-state index < -0.39 is 27.8 Å². The molecule has 1 saturated carbocycles. The summed E-state index contributed by atoms with van der Waals surface area (Å²) in [4.78, 5) is 34.4. The Morgan fingerprint density at radius 1 is 1.50 bits per heavy atom. The molecule has 0 bridgehead atoms. The van der Waals surface area contributed by atoms with E-state index in [1.54, 1.807) is 6.92 Å². The summed E-state index contributed by atoms with van der Waals surface area (Å²) in [5.74, 6) is -2.01. The monoisotopic (exact) mass is 282 g/mol. The van der Waals surface area contributed by atoms with Crippen molar-refractivity contribution in [2.45, 2.75) is 45.6 Å². The maximum Gasteiger partial charge on any atom is 0.327 e. The lowest BCUT2D eigenvalue weighted by molar-refractivity contribution is -0.573. The van der Waals surface area contributed by atoms with Crippen molar-refractivity contribution in [2.24, 2.45) is 11.3 Å². The topological polar surface area (TPSA) is 110 Å². The molecule has 1 aliphatic rings. The van der Waals surface area contributed by atoms with Gasteiger partial charge in [-0.15, -0.1) is 0 Å². The molecule has 0 aromatic carbocycles. The van der Waals surface area contributed by atoms with Gasteiger partial charge in [0.15, 0.2) is 5.41 Å². The second kappa shape index (κ2) is 5.57. The highest BCUT2D eigenvalue weighted by molar-refractivity contribution is 5.83. The molecular formula is C13H18N2O5. The number of hydrogen-bond acceptors (Lipinski definition) is 6. The number of nitro groups is 1. The van der Waals surface area contributed by atoms with E-state index in [9.17, 15) is 25.0 Å². The molecule has 0 spiro atoms. The van der Waals surface area contributed by atoms with Gasteiger partial charge in [0, 0.05) is 24.7 Å². The molecule has 3 atom stereocenters. The van der Waals surface area contributed by atoms with Gasteiger partial charge in [-0.1, -0.05) is 0 Å². The van der Waals surface area contributed by atoms with Crippen LogP contribution in [-0.4, -0.2) is 28.8 Å². The number of ketones is 1. The van der Waals surface area contributed by atoms with E-state index in [1.807, 2.05) is 6.07 Å². The number of nitrogens with zero attached hydrogens (tertiary/aromatic N) is 2. The molecule has 20 heavy (non-hydrogen) atoms. The van der Waals surface area contributed by atoms with E-state index in [0.29, 0.717) is 0 Å². The first kappa shape index (κ1) is 16.1. The lowest BCUT2D eigenvalue weighted by Crippen LogP contribution is -2.47. The SMILES string of the molecule is CCOC(=O)[C@@]1(C#N)CC[C@](C)([N+](=O)[O-])[C@@H]1CC(C)=O.